The predicted molar refractivity (Wildman–Crippen MR) is 115 cm³/mol. The van der Waals surface area contributed by atoms with Gasteiger partial charge in [-0.05, 0) is 49.3 Å². The number of hydrogen-bond acceptors (Lipinski definition) is 4. The average molecular weight is 401 g/mol. The van der Waals surface area contributed by atoms with Crippen LogP contribution in [-0.4, -0.2) is 55.0 Å². The van der Waals surface area contributed by atoms with Gasteiger partial charge >= 0.3 is 5.97 Å². The molecule has 29 heavy (non-hydrogen) atoms. The standard InChI is InChI=1S/C24H36N2O3/c1-19(2)21-10-8-20(9-11-21)16-25-14-5-12-24(17-25)13-15-26(18-24)22(27)6-4-7-23(28)29-3/h8-11,19H,4-7,12-18H2,1-3H3. The summed E-state index contributed by atoms with van der Waals surface area (Å²) in [6.45, 7) is 9.39. The van der Waals surface area contributed by atoms with Gasteiger partial charge in [0, 0.05) is 44.4 Å². The molecule has 1 amide bonds. The SMILES string of the molecule is COC(=O)CCCC(=O)N1CCC2(CCCN(Cc3ccc(C(C)C)cc3)C2)C1. The Morgan fingerprint density at radius 2 is 1.83 bits per heavy atom. The van der Waals surface area contributed by atoms with Gasteiger partial charge in [-0.15, -0.1) is 0 Å². The molecule has 160 valence electrons. The Balaban J connectivity index is 1.50. The van der Waals surface area contributed by atoms with Gasteiger partial charge in [-0.1, -0.05) is 38.1 Å². The van der Waals surface area contributed by atoms with Crippen molar-refractivity contribution < 1.29 is 14.3 Å². The van der Waals surface area contributed by atoms with Gasteiger partial charge < -0.3 is 9.64 Å². The number of nitrogens with zero attached hydrogens (tertiary/aromatic N) is 2. The fourth-order valence-corrected chi connectivity index (χ4v) is 4.84. The van der Waals surface area contributed by atoms with Crippen LogP contribution in [0.15, 0.2) is 24.3 Å². The van der Waals surface area contributed by atoms with E-state index in [1.165, 1.54) is 31.1 Å². The molecule has 0 bridgehead atoms. The van der Waals surface area contributed by atoms with Crippen molar-refractivity contribution in [2.75, 3.05) is 33.3 Å². The molecule has 5 heteroatoms. The minimum absolute atomic E-state index is 0.187. The first kappa shape index (κ1) is 21.8. The van der Waals surface area contributed by atoms with Crippen molar-refractivity contribution in [2.45, 2.75) is 64.8 Å². The molecule has 1 aromatic carbocycles. The molecule has 2 saturated heterocycles. The Kier molecular flexibility index (Phi) is 7.33. The fraction of sp³-hybridized carbons (Fsp3) is 0.667. The molecular weight excluding hydrogens is 364 g/mol. The number of piperidine rings is 1. The molecule has 3 rings (SSSR count). The van der Waals surface area contributed by atoms with Crippen LogP contribution in [0.2, 0.25) is 0 Å². The average Bonchev–Trinajstić information content (AvgIpc) is 3.11. The van der Waals surface area contributed by atoms with E-state index >= 15 is 0 Å². The van der Waals surface area contributed by atoms with Crippen LogP contribution in [0.25, 0.3) is 0 Å². The zero-order valence-electron chi connectivity index (χ0n) is 18.3. The number of likely N-dealkylation sites (tertiary alicyclic amines) is 2. The second-order valence-corrected chi connectivity index (χ2v) is 9.21. The monoisotopic (exact) mass is 400 g/mol. The highest BCUT2D eigenvalue weighted by Crippen LogP contribution is 2.39. The number of carbonyl (C=O) groups is 2. The number of esters is 1. The van der Waals surface area contributed by atoms with E-state index in [0.29, 0.717) is 25.2 Å². The molecule has 5 nitrogen and oxygen atoms in total. The van der Waals surface area contributed by atoms with Gasteiger partial charge in [-0.25, -0.2) is 0 Å². The Morgan fingerprint density at radius 3 is 2.52 bits per heavy atom. The van der Waals surface area contributed by atoms with Gasteiger partial charge in [-0.3, -0.25) is 14.5 Å². The second-order valence-electron chi connectivity index (χ2n) is 9.21. The highest BCUT2D eigenvalue weighted by molar-refractivity contribution is 5.77. The van der Waals surface area contributed by atoms with Crippen molar-refractivity contribution in [2.24, 2.45) is 5.41 Å². The first-order valence-corrected chi connectivity index (χ1v) is 11.1. The Hall–Kier alpha value is -1.88. The molecule has 1 unspecified atom stereocenters. The highest BCUT2D eigenvalue weighted by Gasteiger charge is 2.42. The molecule has 2 aliphatic rings. The van der Waals surface area contributed by atoms with E-state index in [1.54, 1.807) is 0 Å². The van der Waals surface area contributed by atoms with E-state index in [4.69, 9.17) is 0 Å². The lowest BCUT2D eigenvalue weighted by Gasteiger charge is -2.40. The van der Waals surface area contributed by atoms with Crippen LogP contribution in [0, 0.1) is 5.41 Å². The maximum absolute atomic E-state index is 12.6. The van der Waals surface area contributed by atoms with Gasteiger partial charge in [0.15, 0.2) is 0 Å². The third-order valence-corrected chi connectivity index (χ3v) is 6.58. The minimum atomic E-state index is -0.236. The lowest BCUT2D eigenvalue weighted by Crippen LogP contribution is -2.45. The summed E-state index contributed by atoms with van der Waals surface area (Å²) in [7, 11) is 1.39. The van der Waals surface area contributed by atoms with Crippen LogP contribution >= 0.6 is 0 Å². The molecule has 1 spiro atoms. The number of benzene rings is 1. The van der Waals surface area contributed by atoms with E-state index in [1.807, 2.05) is 4.90 Å². The number of carbonyl (C=O) groups excluding carboxylic acids is 2. The summed E-state index contributed by atoms with van der Waals surface area (Å²) in [5.74, 6) is 0.518. The smallest absolute Gasteiger partial charge is 0.305 e. The summed E-state index contributed by atoms with van der Waals surface area (Å²) in [5, 5.41) is 0. The number of amides is 1. The third-order valence-electron chi connectivity index (χ3n) is 6.58. The van der Waals surface area contributed by atoms with Gasteiger partial charge in [0.05, 0.1) is 7.11 Å². The van der Waals surface area contributed by atoms with Crippen LogP contribution in [0.5, 0.6) is 0 Å². The molecule has 0 aliphatic carbocycles. The quantitative estimate of drug-likeness (QED) is 0.650. The molecule has 0 radical (unpaired) electrons. The predicted octanol–water partition coefficient (Wildman–Crippen LogP) is 3.97. The van der Waals surface area contributed by atoms with Crippen molar-refractivity contribution in [3.63, 3.8) is 0 Å². The lowest BCUT2D eigenvalue weighted by atomic mass is 9.79. The molecule has 1 atom stereocenters. The number of hydrogen-bond donors (Lipinski definition) is 0. The van der Waals surface area contributed by atoms with Gasteiger partial charge in [0.2, 0.25) is 5.91 Å². The third kappa shape index (κ3) is 5.81. The Labute approximate surface area is 175 Å². The molecule has 0 N–H and O–H groups in total. The highest BCUT2D eigenvalue weighted by atomic mass is 16.5. The summed E-state index contributed by atoms with van der Waals surface area (Å²) < 4.78 is 4.66. The van der Waals surface area contributed by atoms with E-state index in [0.717, 1.165) is 39.1 Å². The van der Waals surface area contributed by atoms with Gasteiger partial charge in [-0.2, -0.15) is 0 Å². The maximum atomic E-state index is 12.6. The Morgan fingerprint density at radius 1 is 1.07 bits per heavy atom. The molecule has 2 fully saturated rings. The normalized spacial score (nSPS) is 22.4. The molecule has 2 aliphatic heterocycles. The first-order valence-electron chi connectivity index (χ1n) is 11.1. The van der Waals surface area contributed by atoms with Gasteiger partial charge in [0.1, 0.15) is 0 Å². The zero-order valence-corrected chi connectivity index (χ0v) is 18.3. The second kappa shape index (κ2) is 9.75. The van der Waals surface area contributed by atoms with E-state index in [9.17, 15) is 9.59 Å². The zero-order chi connectivity index (χ0) is 20.9. The van der Waals surface area contributed by atoms with Gasteiger partial charge in [0.25, 0.3) is 0 Å². The fourth-order valence-electron chi connectivity index (χ4n) is 4.84. The molecule has 0 saturated carbocycles. The number of methoxy groups -OCH3 is 1. The lowest BCUT2D eigenvalue weighted by molar-refractivity contribution is -0.140. The van der Waals surface area contributed by atoms with Crippen molar-refractivity contribution in [3.8, 4) is 0 Å². The molecule has 2 heterocycles. The minimum Gasteiger partial charge on any atom is -0.469 e. The molecule has 0 aromatic heterocycles. The van der Waals surface area contributed by atoms with Crippen LogP contribution in [-0.2, 0) is 20.9 Å². The van der Waals surface area contributed by atoms with E-state index in [-0.39, 0.29) is 17.3 Å². The van der Waals surface area contributed by atoms with Crippen LogP contribution in [0.3, 0.4) is 0 Å². The summed E-state index contributed by atoms with van der Waals surface area (Å²) in [5.41, 5.74) is 3.01. The van der Waals surface area contributed by atoms with E-state index < -0.39 is 0 Å². The summed E-state index contributed by atoms with van der Waals surface area (Å²) in [6, 6.07) is 9.04. The van der Waals surface area contributed by atoms with Crippen molar-refractivity contribution in [3.05, 3.63) is 35.4 Å². The molecule has 1 aromatic rings. The Bertz CT molecular complexity index is 701. The summed E-state index contributed by atoms with van der Waals surface area (Å²) >= 11 is 0. The largest absolute Gasteiger partial charge is 0.469 e. The van der Waals surface area contributed by atoms with Crippen LogP contribution in [0.1, 0.15) is 69.4 Å². The topological polar surface area (TPSA) is 49.9 Å². The maximum Gasteiger partial charge on any atom is 0.305 e. The molecular formula is C24H36N2O3. The first-order chi connectivity index (χ1) is 13.9. The van der Waals surface area contributed by atoms with Crippen LogP contribution in [0.4, 0.5) is 0 Å². The van der Waals surface area contributed by atoms with E-state index in [2.05, 4.69) is 47.7 Å². The summed E-state index contributed by atoms with van der Waals surface area (Å²) in [4.78, 5) is 28.4. The van der Waals surface area contributed by atoms with Crippen molar-refractivity contribution in [1.29, 1.82) is 0 Å². The van der Waals surface area contributed by atoms with Crippen molar-refractivity contribution in [1.82, 2.24) is 9.80 Å². The summed E-state index contributed by atoms with van der Waals surface area (Å²) in [6.07, 6.45) is 4.85. The number of rotatable bonds is 7. The van der Waals surface area contributed by atoms with Crippen LogP contribution < -0.4 is 0 Å². The number of ether oxygens (including phenoxy) is 1. The van der Waals surface area contributed by atoms with Crippen molar-refractivity contribution >= 4 is 11.9 Å².